The first-order chi connectivity index (χ1) is 18.9. The van der Waals surface area contributed by atoms with E-state index in [0.717, 1.165) is 25.7 Å². The summed E-state index contributed by atoms with van der Waals surface area (Å²) in [6, 6.07) is 32.0. The van der Waals surface area contributed by atoms with Crippen LogP contribution in [0.2, 0.25) is 5.04 Å². The van der Waals surface area contributed by atoms with Crippen LogP contribution < -0.4 is 10.4 Å². The summed E-state index contributed by atoms with van der Waals surface area (Å²) < 4.78 is 26.0. The molecule has 3 aromatic carbocycles. The lowest BCUT2D eigenvalue weighted by atomic mass is 9.95. The number of hydrogen-bond donors (Lipinski definition) is 0. The molecule has 0 heterocycles. The summed E-state index contributed by atoms with van der Waals surface area (Å²) in [6.45, 7) is 11.3. The van der Waals surface area contributed by atoms with Gasteiger partial charge in [0.05, 0.1) is 32.0 Å². The van der Waals surface area contributed by atoms with Crippen LogP contribution in [0.3, 0.4) is 0 Å². The van der Waals surface area contributed by atoms with Gasteiger partial charge in [-0.3, -0.25) is 0 Å². The highest BCUT2D eigenvalue weighted by molar-refractivity contribution is 6.99. The molecular formula is C34H46O4Si. The zero-order valence-electron chi connectivity index (χ0n) is 24.2. The maximum atomic E-state index is 7.14. The standard InChI is InChI=1S/C34H46O4Si/c1-5-35-31(26-37-30-19-15-18-29(24-30)36-25-28-16-9-6-10-17-28)27-38-39(34(2,3)4,32-20-11-7-12-21-32)33-22-13-8-14-23-33/h6-14,16-17,20-23,29-31H,5,15,18-19,24-27H2,1-4H3/t29-,30+,31-/m1/s1. The molecule has 0 saturated heterocycles. The Hall–Kier alpha value is -2.28. The molecule has 1 aliphatic rings. The first-order valence-electron chi connectivity index (χ1n) is 14.6. The minimum atomic E-state index is -2.62. The predicted molar refractivity (Wildman–Crippen MR) is 162 cm³/mol. The van der Waals surface area contributed by atoms with Gasteiger partial charge in [0.25, 0.3) is 8.32 Å². The quantitative estimate of drug-likeness (QED) is 0.229. The Bertz CT molecular complexity index is 1040. The smallest absolute Gasteiger partial charge is 0.261 e. The molecule has 1 fully saturated rings. The summed E-state index contributed by atoms with van der Waals surface area (Å²) in [6.07, 6.45) is 4.53. The SMILES string of the molecule is CCO[C@H](CO[C@H]1CCC[C@@H](OCc2ccccc2)C1)CO[Si](c1ccccc1)(c1ccccc1)C(C)(C)C. The average molecular weight is 547 g/mol. The Morgan fingerprint density at radius 1 is 0.744 bits per heavy atom. The van der Waals surface area contributed by atoms with Crippen LogP contribution in [0.4, 0.5) is 0 Å². The van der Waals surface area contributed by atoms with Crippen LogP contribution in [-0.4, -0.2) is 46.4 Å². The third kappa shape index (κ3) is 7.89. The largest absolute Gasteiger partial charge is 0.405 e. The Balaban J connectivity index is 1.42. The second kappa shape index (κ2) is 14.4. The molecule has 1 aliphatic carbocycles. The van der Waals surface area contributed by atoms with Gasteiger partial charge in [-0.05, 0) is 53.6 Å². The van der Waals surface area contributed by atoms with Crippen molar-refractivity contribution in [3.8, 4) is 0 Å². The molecule has 0 bridgehead atoms. The van der Waals surface area contributed by atoms with Crippen LogP contribution in [0.5, 0.6) is 0 Å². The van der Waals surface area contributed by atoms with E-state index < -0.39 is 8.32 Å². The molecule has 1 saturated carbocycles. The van der Waals surface area contributed by atoms with Crippen molar-refractivity contribution in [1.29, 1.82) is 0 Å². The molecule has 0 aromatic heterocycles. The molecule has 0 radical (unpaired) electrons. The fourth-order valence-electron chi connectivity index (χ4n) is 5.80. The molecular weight excluding hydrogens is 500 g/mol. The van der Waals surface area contributed by atoms with Crippen molar-refractivity contribution >= 4 is 18.7 Å². The van der Waals surface area contributed by atoms with Gasteiger partial charge in [-0.25, -0.2) is 0 Å². The van der Waals surface area contributed by atoms with Gasteiger partial charge in [0.1, 0.15) is 6.10 Å². The second-order valence-electron chi connectivity index (χ2n) is 11.6. The van der Waals surface area contributed by atoms with Gasteiger partial charge in [-0.1, -0.05) is 112 Å². The predicted octanol–water partition coefficient (Wildman–Crippen LogP) is 6.51. The summed E-state index contributed by atoms with van der Waals surface area (Å²) in [5.41, 5.74) is 1.22. The highest BCUT2D eigenvalue weighted by Gasteiger charge is 2.50. The topological polar surface area (TPSA) is 36.9 Å². The van der Waals surface area contributed by atoms with Crippen LogP contribution in [-0.2, 0) is 25.2 Å². The minimum Gasteiger partial charge on any atom is -0.405 e. The molecule has 3 aromatic rings. The van der Waals surface area contributed by atoms with Crippen molar-refractivity contribution in [3.63, 3.8) is 0 Å². The highest BCUT2D eigenvalue weighted by Crippen LogP contribution is 2.37. The van der Waals surface area contributed by atoms with Crippen LogP contribution >= 0.6 is 0 Å². The van der Waals surface area contributed by atoms with Crippen molar-refractivity contribution in [2.75, 3.05) is 19.8 Å². The molecule has 0 aliphatic heterocycles. The molecule has 3 atom stereocenters. The molecule has 4 rings (SSSR count). The van der Waals surface area contributed by atoms with E-state index in [0.29, 0.717) is 26.4 Å². The molecule has 4 nitrogen and oxygen atoms in total. The summed E-state index contributed by atoms with van der Waals surface area (Å²) in [7, 11) is -2.62. The van der Waals surface area contributed by atoms with Gasteiger partial charge in [0.15, 0.2) is 0 Å². The summed E-state index contributed by atoms with van der Waals surface area (Å²) in [4.78, 5) is 0. The second-order valence-corrected chi connectivity index (χ2v) is 15.9. The molecule has 39 heavy (non-hydrogen) atoms. The van der Waals surface area contributed by atoms with E-state index >= 15 is 0 Å². The zero-order valence-corrected chi connectivity index (χ0v) is 25.2. The number of benzene rings is 3. The van der Waals surface area contributed by atoms with Crippen LogP contribution in [0.1, 0.15) is 58.9 Å². The fourth-order valence-corrected chi connectivity index (χ4v) is 10.4. The van der Waals surface area contributed by atoms with E-state index in [1.54, 1.807) is 0 Å². The fraction of sp³-hybridized carbons (Fsp3) is 0.471. The van der Waals surface area contributed by atoms with E-state index in [4.69, 9.17) is 18.6 Å². The normalized spacial score (nSPS) is 19.1. The van der Waals surface area contributed by atoms with Crippen molar-refractivity contribution in [2.45, 2.75) is 83.3 Å². The van der Waals surface area contributed by atoms with Crippen LogP contribution in [0.15, 0.2) is 91.0 Å². The molecule has 210 valence electrons. The van der Waals surface area contributed by atoms with E-state index in [9.17, 15) is 0 Å². The summed E-state index contributed by atoms with van der Waals surface area (Å²) in [5.74, 6) is 0. The third-order valence-electron chi connectivity index (χ3n) is 7.73. The van der Waals surface area contributed by atoms with Crippen molar-refractivity contribution < 1.29 is 18.6 Å². The lowest BCUT2D eigenvalue weighted by Gasteiger charge is -2.43. The van der Waals surface area contributed by atoms with Gasteiger partial charge in [0.2, 0.25) is 0 Å². The van der Waals surface area contributed by atoms with Gasteiger partial charge >= 0.3 is 0 Å². The Morgan fingerprint density at radius 2 is 1.28 bits per heavy atom. The first kappa shape index (κ1) is 29.7. The monoisotopic (exact) mass is 546 g/mol. The molecule has 0 amide bonds. The molecule has 0 N–H and O–H groups in total. The maximum absolute atomic E-state index is 7.14. The van der Waals surface area contributed by atoms with E-state index in [1.165, 1.54) is 15.9 Å². The Kier molecular flexibility index (Phi) is 10.9. The Labute approximate surface area is 236 Å². The van der Waals surface area contributed by atoms with E-state index in [1.807, 2.05) is 13.0 Å². The minimum absolute atomic E-state index is 0.0694. The van der Waals surface area contributed by atoms with Crippen molar-refractivity contribution in [3.05, 3.63) is 96.6 Å². The van der Waals surface area contributed by atoms with Crippen molar-refractivity contribution in [2.24, 2.45) is 0 Å². The average Bonchev–Trinajstić information content (AvgIpc) is 2.96. The molecule has 0 spiro atoms. The molecule has 0 unspecified atom stereocenters. The third-order valence-corrected chi connectivity index (χ3v) is 12.7. The first-order valence-corrected chi connectivity index (χ1v) is 16.5. The van der Waals surface area contributed by atoms with Gasteiger partial charge in [0, 0.05) is 6.61 Å². The number of hydrogen-bond acceptors (Lipinski definition) is 4. The number of ether oxygens (including phenoxy) is 3. The van der Waals surface area contributed by atoms with Gasteiger partial charge in [-0.15, -0.1) is 0 Å². The van der Waals surface area contributed by atoms with Crippen LogP contribution in [0, 0.1) is 0 Å². The lowest BCUT2D eigenvalue weighted by molar-refractivity contribution is -0.0892. The van der Waals surface area contributed by atoms with E-state index in [2.05, 4.69) is 106 Å². The zero-order chi connectivity index (χ0) is 27.6. The summed E-state index contributed by atoms with van der Waals surface area (Å²) in [5, 5.41) is 2.50. The van der Waals surface area contributed by atoms with Crippen LogP contribution in [0.25, 0.3) is 0 Å². The lowest BCUT2D eigenvalue weighted by Crippen LogP contribution is -2.67. The Morgan fingerprint density at radius 3 is 1.82 bits per heavy atom. The molecule has 5 heteroatoms. The number of rotatable bonds is 13. The van der Waals surface area contributed by atoms with E-state index in [-0.39, 0.29) is 23.4 Å². The van der Waals surface area contributed by atoms with Crippen molar-refractivity contribution in [1.82, 2.24) is 0 Å². The van der Waals surface area contributed by atoms with Gasteiger partial charge in [-0.2, -0.15) is 0 Å². The van der Waals surface area contributed by atoms with Gasteiger partial charge < -0.3 is 18.6 Å². The highest BCUT2D eigenvalue weighted by atomic mass is 28.4. The maximum Gasteiger partial charge on any atom is 0.261 e. The summed E-state index contributed by atoms with van der Waals surface area (Å²) >= 11 is 0.